The molecule has 0 radical (unpaired) electrons. The first-order chi connectivity index (χ1) is 11.9. The van der Waals surface area contributed by atoms with Crippen molar-refractivity contribution in [3.63, 3.8) is 0 Å². The van der Waals surface area contributed by atoms with Crippen LogP contribution in [0.2, 0.25) is 0 Å². The smallest absolute Gasteiger partial charge is 0.340 e. The van der Waals surface area contributed by atoms with Crippen LogP contribution in [0.1, 0.15) is 28.3 Å². The second-order valence-electron chi connectivity index (χ2n) is 5.79. The average Bonchev–Trinajstić information content (AvgIpc) is 3.38. The summed E-state index contributed by atoms with van der Waals surface area (Å²) in [6, 6.07) is 7.24. The van der Waals surface area contributed by atoms with Crippen molar-refractivity contribution in [2.75, 3.05) is 12.4 Å². The molecule has 7 heteroatoms. The lowest BCUT2D eigenvalue weighted by molar-refractivity contribution is -0.117. The number of benzene rings is 2. The van der Waals surface area contributed by atoms with Crippen LogP contribution in [0.4, 0.5) is 18.9 Å². The number of methoxy groups -OCH3 is 1. The van der Waals surface area contributed by atoms with Crippen molar-refractivity contribution in [1.29, 1.82) is 0 Å². The largest absolute Gasteiger partial charge is 0.465 e. The van der Waals surface area contributed by atoms with E-state index in [9.17, 15) is 22.8 Å². The minimum atomic E-state index is -1.07. The first-order valence-corrected chi connectivity index (χ1v) is 7.54. The number of rotatable bonds is 4. The average molecular weight is 349 g/mol. The van der Waals surface area contributed by atoms with Crippen LogP contribution in [0.15, 0.2) is 36.4 Å². The highest BCUT2D eigenvalue weighted by molar-refractivity contribution is 5.97. The highest BCUT2D eigenvalue weighted by Crippen LogP contribution is 2.48. The second-order valence-corrected chi connectivity index (χ2v) is 5.79. The monoisotopic (exact) mass is 349 g/mol. The number of halogens is 3. The number of anilines is 1. The van der Waals surface area contributed by atoms with Crippen molar-refractivity contribution in [1.82, 2.24) is 0 Å². The van der Waals surface area contributed by atoms with Gasteiger partial charge in [-0.1, -0.05) is 12.1 Å². The molecule has 2 unspecified atom stereocenters. The lowest BCUT2D eigenvalue weighted by Gasteiger charge is -2.09. The van der Waals surface area contributed by atoms with Crippen molar-refractivity contribution >= 4 is 17.6 Å². The summed E-state index contributed by atoms with van der Waals surface area (Å²) >= 11 is 0. The van der Waals surface area contributed by atoms with Crippen molar-refractivity contribution < 1.29 is 27.5 Å². The molecule has 0 bridgehead atoms. The van der Waals surface area contributed by atoms with E-state index in [2.05, 4.69) is 10.1 Å². The molecule has 0 spiro atoms. The lowest BCUT2D eigenvalue weighted by atomic mass is 10.1. The van der Waals surface area contributed by atoms with Crippen LogP contribution < -0.4 is 5.32 Å². The van der Waals surface area contributed by atoms with E-state index in [1.807, 2.05) is 0 Å². The molecular formula is C18H14F3NO3. The number of hydrogen-bond donors (Lipinski definition) is 1. The first kappa shape index (κ1) is 17.0. The van der Waals surface area contributed by atoms with Gasteiger partial charge in [-0.3, -0.25) is 4.79 Å². The molecule has 130 valence electrons. The van der Waals surface area contributed by atoms with E-state index in [0.29, 0.717) is 12.5 Å². The molecule has 1 aliphatic carbocycles. The summed E-state index contributed by atoms with van der Waals surface area (Å²) in [6.45, 7) is 0. The number of carbonyl (C=O) groups is 2. The standard InChI is InChI=1S/C18H14F3NO3/c1-25-18(24)13-7-16(15(21)8-14(13)20)22-17(23)12-6-11(12)9-2-4-10(19)5-3-9/h2-5,7-8,11-12H,6H2,1H3,(H,22,23). The van der Waals surface area contributed by atoms with Gasteiger partial charge in [0, 0.05) is 12.0 Å². The van der Waals surface area contributed by atoms with Crippen molar-refractivity contribution in [3.05, 3.63) is 65.0 Å². The molecule has 1 aliphatic rings. The van der Waals surface area contributed by atoms with Crippen LogP contribution >= 0.6 is 0 Å². The maximum atomic E-state index is 13.9. The van der Waals surface area contributed by atoms with Gasteiger partial charge in [-0.05, 0) is 36.1 Å². The van der Waals surface area contributed by atoms with E-state index in [1.165, 1.54) is 12.1 Å². The van der Waals surface area contributed by atoms with E-state index in [-0.39, 0.29) is 17.4 Å². The fourth-order valence-electron chi connectivity index (χ4n) is 2.70. The van der Waals surface area contributed by atoms with Crippen molar-refractivity contribution in [2.45, 2.75) is 12.3 Å². The summed E-state index contributed by atoms with van der Waals surface area (Å²) in [6.07, 6.45) is 0.546. The maximum absolute atomic E-state index is 13.9. The van der Waals surface area contributed by atoms with Gasteiger partial charge < -0.3 is 10.1 Å². The van der Waals surface area contributed by atoms with Crippen molar-refractivity contribution in [2.24, 2.45) is 5.92 Å². The Morgan fingerprint density at radius 3 is 2.40 bits per heavy atom. The minimum Gasteiger partial charge on any atom is -0.465 e. The molecule has 0 saturated heterocycles. The van der Waals surface area contributed by atoms with Gasteiger partial charge >= 0.3 is 5.97 Å². The summed E-state index contributed by atoms with van der Waals surface area (Å²) in [7, 11) is 1.07. The SMILES string of the molecule is COC(=O)c1cc(NC(=O)C2CC2c2ccc(F)cc2)c(F)cc1F. The molecule has 1 N–H and O–H groups in total. The fourth-order valence-corrected chi connectivity index (χ4v) is 2.70. The molecule has 3 rings (SSSR count). The number of amides is 1. The normalized spacial score (nSPS) is 18.6. The third-order valence-electron chi connectivity index (χ3n) is 4.15. The van der Waals surface area contributed by atoms with Crippen LogP contribution in [-0.4, -0.2) is 19.0 Å². The summed E-state index contributed by atoms with van der Waals surface area (Å²) in [5.41, 5.74) is 0.0537. The molecule has 0 aliphatic heterocycles. The Balaban J connectivity index is 1.73. The molecular weight excluding hydrogens is 335 g/mol. The van der Waals surface area contributed by atoms with E-state index < -0.39 is 35.0 Å². The van der Waals surface area contributed by atoms with Gasteiger partial charge in [0.15, 0.2) is 0 Å². The summed E-state index contributed by atoms with van der Waals surface area (Å²) in [5, 5.41) is 2.37. The minimum absolute atomic E-state index is 0.0795. The zero-order chi connectivity index (χ0) is 18.1. The molecule has 2 atom stereocenters. The highest BCUT2D eigenvalue weighted by atomic mass is 19.1. The molecule has 0 heterocycles. The number of carbonyl (C=O) groups excluding carboxylic acids is 2. The Kier molecular flexibility index (Phi) is 4.48. The molecule has 4 nitrogen and oxygen atoms in total. The first-order valence-electron chi connectivity index (χ1n) is 7.54. The molecule has 25 heavy (non-hydrogen) atoms. The number of hydrogen-bond acceptors (Lipinski definition) is 3. The molecule has 0 aromatic heterocycles. The summed E-state index contributed by atoms with van der Waals surface area (Å²) in [5.74, 6) is -4.32. The van der Waals surface area contributed by atoms with Crippen LogP contribution in [0.5, 0.6) is 0 Å². The van der Waals surface area contributed by atoms with Crippen LogP contribution in [0.3, 0.4) is 0 Å². The third-order valence-corrected chi connectivity index (χ3v) is 4.15. The topological polar surface area (TPSA) is 55.4 Å². The van der Waals surface area contributed by atoms with Gasteiger partial charge in [-0.15, -0.1) is 0 Å². The Hall–Kier alpha value is -2.83. The lowest BCUT2D eigenvalue weighted by Crippen LogP contribution is -2.17. The highest BCUT2D eigenvalue weighted by Gasteiger charge is 2.44. The Morgan fingerprint density at radius 1 is 1.08 bits per heavy atom. The number of nitrogens with one attached hydrogen (secondary N) is 1. The van der Waals surface area contributed by atoms with E-state index in [0.717, 1.165) is 18.7 Å². The van der Waals surface area contributed by atoms with Gasteiger partial charge in [0.1, 0.15) is 17.5 Å². The van der Waals surface area contributed by atoms with E-state index in [4.69, 9.17) is 0 Å². The number of ether oxygens (including phenoxy) is 1. The Labute approximate surface area is 141 Å². The van der Waals surface area contributed by atoms with Crippen LogP contribution in [0, 0.1) is 23.4 Å². The predicted molar refractivity (Wildman–Crippen MR) is 83.6 cm³/mol. The Bertz CT molecular complexity index is 836. The van der Waals surface area contributed by atoms with Crippen molar-refractivity contribution in [3.8, 4) is 0 Å². The van der Waals surface area contributed by atoms with Crippen LogP contribution in [-0.2, 0) is 9.53 Å². The van der Waals surface area contributed by atoms with Crippen LogP contribution in [0.25, 0.3) is 0 Å². The van der Waals surface area contributed by atoms with Gasteiger partial charge in [0.05, 0.1) is 18.4 Å². The number of esters is 1. The molecule has 1 amide bonds. The van der Waals surface area contributed by atoms with E-state index >= 15 is 0 Å². The fraction of sp³-hybridized carbons (Fsp3) is 0.222. The van der Waals surface area contributed by atoms with Gasteiger partial charge in [0.25, 0.3) is 0 Å². The zero-order valence-corrected chi connectivity index (χ0v) is 13.2. The van der Waals surface area contributed by atoms with Gasteiger partial charge in [-0.25, -0.2) is 18.0 Å². The van der Waals surface area contributed by atoms with Gasteiger partial charge in [-0.2, -0.15) is 0 Å². The van der Waals surface area contributed by atoms with E-state index in [1.54, 1.807) is 12.1 Å². The summed E-state index contributed by atoms with van der Waals surface area (Å²) in [4.78, 5) is 23.7. The van der Waals surface area contributed by atoms with Gasteiger partial charge in [0.2, 0.25) is 5.91 Å². The molecule has 2 aromatic carbocycles. The third kappa shape index (κ3) is 3.50. The maximum Gasteiger partial charge on any atom is 0.340 e. The summed E-state index contributed by atoms with van der Waals surface area (Å²) < 4.78 is 44.8. The molecule has 2 aromatic rings. The second kappa shape index (κ2) is 6.58. The molecule has 1 saturated carbocycles. The molecule has 1 fully saturated rings. The zero-order valence-electron chi connectivity index (χ0n) is 13.2. The Morgan fingerprint density at radius 2 is 1.76 bits per heavy atom. The predicted octanol–water partition coefficient (Wildman–Crippen LogP) is 3.63. The quantitative estimate of drug-likeness (QED) is 0.858.